The first kappa shape index (κ1) is 26.0. The molecule has 1 saturated carbocycles. The van der Waals surface area contributed by atoms with Crippen LogP contribution >= 0.6 is 11.6 Å². The lowest BCUT2D eigenvalue weighted by Crippen LogP contribution is -2.52. The lowest BCUT2D eigenvalue weighted by Gasteiger charge is -2.32. The third kappa shape index (κ3) is 6.96. The molecule has 0 saturated heterocycles. The number of amides is 2. The van der Waals surface area contributed by atoms with Gasteiger partial charge in [0.1, 0.15) is 12.6 Å². The van der Waals surface area contributed by atoms with E-state index in [1.54, 1.807) is 31.2 Å². The number of rotatable bonds is 9. The van der Waals surface area contributed by atoms with Gasteiger partial charge in [-0.25, -0.2) is 8.42 Å². The van der Waals surface area contributed by atoms with Crippen molar-refractivity contribution < 1.29 is 18.0 Å². The fourth-order valence-electron chi connectivity index (χ4n) is 4.09. The second-order valence-corrected chi connectivity index (χ2v) is 11.3. The van der Waals surface area contributed by atoms with Gasteiger partial charge in [0.15, 0.2) is 0 Å². The number of carbonyl (C=O) groups excluding carboxylic acids is 2. The van der Waals surface area contributed by atoms with Gasteiger partial charge in [-0.3, -0.25) is 13.9 Å². The van der Waals surface area contributed by atoms with Crippen LogP contribution in [-0.4, -0.2) is 50.0 Å². The van der Waals surface area contributed by atoms with Crippen LogP contribution in [0.2, 0.25) is 5.02 Å². The third-order valence-electron chi connectivity index (χ3n) is 6.14. The Balaban J connectivity index is 1.86. The van der Waals surface area contributed by atoms with Gasteiger partial charge in [-0.2, -0.15) is 0 Å². The molecule has 0 heterocycles. The molecule has 34 heavy (non-hydrogen) atoms. The number of sulfonamides is 1. The molecule has 0 aliphatic heterocycles. The van der Waals surface area contributed by atoms with E-state index in [4.69, 9.17) is 11.6 Å². The van der Waals surface area contributed by atoms with E-state index in [1.807, 2.05) is 31.2 Å². The smallest absolute Gasteiger partial charge is 0.244 e. The van der Waals surface area contributed by atoms with E-state index in [9.17, 15) is 18.0 Å². The van der Waals surface area contributed by atoms with E-state index in [-0.39, 0.29) is 18.5 Å². The summed E-state index contributed by atoms with van der Waals surface area (Å²) in [7, 11) is -3.76. The molecule has 2 aromatic rings. The summed E-state index contributed by atoms with van der Waals surface area (Å²) in [5.41, 5.74) is 2.27. The van der Waals surface area contributed by atoms with Crippen molar-refractivity contribution in [2.24, 2.45) is 0 Å². The molecule has 1 N–H and O–H groups in total. The van der Waals surface area contributed by atoms with Gasteiger partial charge in [0, 0.05) is 17.6 Å². The Morgan fingerprint density at radius 3 is 2.21 bits per heavy atom. The highest BCUT2D eigenvalue weighted by Crippen LogP contribution is 2.22. The predicted molar refractivity (Wildman–Crippen MR) is 135 cm³/mol. The number of carbonyl (C=O) groups is 2. The van der Waals surface area contributed by atoms with E-state index in [0.717, 1.165) is 47.4 Å². The van der Waals surface area contributed by atoms with Crippen molar-refractivity contribution >= 4 is 39.1 Å². The van der Waals surface area contributed by atoms with Gasteiger partial charge in [-0.15, -0.1) is 0 Å². The average Bonchev–Trinajstić information content (AvgIpc) is 3.29. The van der Waals surface area contributed by atoms with Crippen molar-refractivity contribution in [3.8, 4) is 0 Å². The number of nitrogens with zero attached hydrogens (tertiary/aromatic N) is 2. The highest BCUT2D eigenvalue weighted by atomic mass is 35.5. The zero-order valence-corrected chi connectivity index (χ0v) is 21.4. The van der Waals surface area contributed by atoms with Gasteiger partial charge in [0.2, 0.25) is 21.8 Å². The largest absolute Gasteiger partial charge is 0.352 e. The zero-order chi connectivity index (χ0) is 24.9. The molecule has 9 heteroatoms. The highest BCUT2D eigenvalue weighted by Gasteiger charge is 2.31. The molecule has 0 aromatic heterocycles. The van der Waals surface area contributed by atoms with Crippen molar-refractivity contribution in [1.29, 1.82) is 0 Å². The summed E-state index contributed by atoms with van der Waals surface area (Å²) < 4.78 is 26.1. The zero-order valence-electron chi connectivity index (χ0n) is 19.8. The van der Waals surface area contributed by atoms with Gasteiger partial charge in [0.05, 0.1) is 11.9 Å². The number of hydrogen-bond donors (Lipinski definition) is 1. The van der Waals surface area contributed by atoms with Crippen molar-refractivity contribution in [3.05, 3.63) is 64.7 Å². The fourth-order valence-corrected chi connectivity index (χ4v) is 5.06. The van der Waals surface area contributed by atoms with Crippen LogP contribution in [0.1, 0.15) is 43.7 Å². The maximum atomic E-state index is 13.5. The minimum atomic E-state index is -3.76. The number of nitrogens with one attached hydrogen (secondary N) is 1. The maximum Gasteiger partial charge on any atom is 0.244 e. The third-order valence-corrected chi connectivity index (χ3v) is 7.53. The number of anilines is 1. The summed E-state index contributed by atoms with van der Waals surface area (Å²) in [4.78, 5) is 28.0. The van der Waals surface area contributed by atoms with Crippen LogP contribution in [0.4, 0.5) is 5.69 Å². The topological polar surface area (TPSA) is 86.8 Å². The summed E-state index contributed by atoms with van der Waals surface area (Å²) in [6.07, 6.45) is 5.08. The first-order valence-corrected chi connectivity index (χ1v) is 13.7. The Morgan fingerprint density at radius 2 is 1.65 bits per heavy atom. The SMILES string of the molecule is Cc1ccc(CN(C(=O)CN(c2ccc(Cl)cc2)S(C)(=O)=O)[C@H](C)C(=O)NC2CCCC2)cc1. The summed E-state index contributed by atoms with van der Waals surface area (Å²) >= 11 is 5.95. The molecule has 2 amide bonds. The average molecular weight is 506 g/mol. The molecule has 1 fully saturated rings. The van der Waals surface area contributed by atoms with Crippen LogP contribution in [0.15, 0.2) is 48.5 Å². The predicted octanol–water partition coefficient (Wildman–Crippen LogP) is 3.89. The Hall–Kier alpha value is -2.58. The maximum absolute atomic E-state index is 13.5. The summed E-state index contributed by atoms with van der Waals surface area (Å²) in [5.74, 6) is -0.695. The molecule has 0 bridgehead atoms. The Kier molecular flexibility index (Phi) is 8.60. The second kappa shape index (κ2) is 11.2. The van der Waals surface area contributed by atoms with E-state index in [2.05, 4.69) is 5.32 Å². The van der Waals surface area contributed by atoms with E-state index >= 15 is 0 Å². The molecule has 1 aliphatic rings. The molecule has 184 valence electrons. The van der Waals surface area contributed by atoms with E-state index in [1.165, 1.54) is 4.90 Å². The van der Waals surface area contributed by atoms with Gasteiger partial charge >= 0.3 is 0 Å². The van der Waals surface area contributed by atoms with Crippen LogP contribution in [0, 0.1) is 6.92 Å². The molecule has 7 nitrogen and oxygen atoms in total. The molecule has 3 rings (SSSR count). The molecule has 0 radical (unpaired) electrons. The van der Waals surface area contributed by atoms with Crippen LogP contribution in [-0.2, 0) is 26.2 Å². The Bertz CT molecular complexity index is 1100. The number of hydrogen-bond acceptors (Lipinski definition) is 4. The lowest BCUT2D eigenvalue weighted by atomic mass is 10.1. The minimum Gasteiger partial charge on any atom is -0.352 e. The Labute approximate surface area is 207 Å². The van der Waals surface area contributed by atoms with Crippen LogP contribution in [0.25, 0.3) is 0 Å². The molecule has 0 unspecified atom stereocenters. The summed E-state index contributed by atoms with van der Waals surface area (Å²) in [6, 6.07) is 13.3. The van der Waals surface area contributed by atoms with Crippen molar-refractivity contribution in [2.45, 2.75) is 58.2 Å². The molecule has 2 aromatic carbocycles. The van der Waals surface area contributed by atoms with Crippen LogP contribution in [0.5, 0.6) is 0 Å². The van der Waals surface area contributed by atoms with Crippen LogP contribution < -0.4 is 9.62 Å². The van der Waals surface area contributed by atoms with Crippen molar-refractivity contribution in [1.82, 2.24) is 10.2 Å². The lowest BCUT2D eigenvalue weighted by molar-refractivity contribution is -0.139. The van der Waals surface area contributed by atoms with E-state index in [0.29, 0.717) is 10.7 Å². The first-order chi connectivity index (χ1) is 16.0. The number of halogens is 1. The molecule has 1 aliphatic carbocycles. The number of aryl methyl sites for hydroxylation is 1. The first-order valence-electron chi connectivity index (χ1n) is 11.4. The molecular weight excluding hydrogens is 474 g/mol. The highest BCUT2D eigenvalue weighted by molar-refractivity contribution is 7.92. The fraction of sp³-hybridized carbons (Fsp3) is 0.440. The van der Waals surface area contributed by atoms with Gasteiger partial charge in [-0.1, -0.05) is 54.3 Å². The van der Waals surface area contributed by atoms with Gasteiger partial charge < -0.3 is 10.2 Å². The van der Waals surface area contributed by atoms with Gasteiger partial charge in [0.25, 0.3) is 0 Å². The molecule has 1 atom stereocenters. The minimum absolute atomic E-state index is 0.118. The van der Waals surface area contributed by atoms with E-state index < -0.39 is 28.5 Å². The standard InChI is InChI=1S/C25H32ClN3O4S/c1-18-8-10-20(11-9-18)16-28(19(2)25(31)27-22-6-4-5-7-22)24(30)17-29(34(3,32)33)23-14-12-21(26)13-15-23/h8-15,19,22H,4-7,16-17H2,1-3H3,(H,27,31)/t19-/m1/s1. The molecular formula is C25H32ClN3O4S. The van der Waals surface area contributed by atoms with Crippen LogP contribution in [0.3, 0.4) is 0 Å². The quantitative estimate of drug-likeness (QED) is 0.560. The van der Waals surface area contributed by atoms with Crippen molar-refractivity contribution in [2.75, 3.05) is 17.1 Å². The monoisotopic (exact) mass is 505 g/mol. The summed E-state index contributed by atoms with van der Waals surface area (Å²) in [5, 5.41) is 3.51. The Morgan fingerprint density at radius 1 is 1.06 bits per heavy atom. The van der Waals surface area contributed by atoms with Crippen molar-refractivity contribution in [3.63, 3.8) is 0 Å². The normalized spacial score (nSPS) is 15.1. The number of benzene rings is 2. The summed E-state index contributed by atoms with van der Waals surface area (Å²) in [6.45, 7) is 3.42. The molecule has 0 spiro atoms. The second-order valence-electron chi connectivity index (χ2n) is 8.92. The van der Waals surface area contributed by atoms with Gasteiger partial charge in [-0.05, 0) is 56.5 Å².